The molecule has 26 heavy (non-hydrogen) atoms. The molecule has 0 heterocycles. The highest BCUT2D eigenvalue weighted by atomic mass is 32.1. The van der Waals surface area contributed by atoms with Gasteiger partial charge in [-0.05, 0) is 87.7 Å². The van der Waals surface area contributed by atoms with Gasteiger partial charge in [-0.25, -0.2) is 0 Å². The van der Waals surface area contributed by atoms with E-state index >= 15 is 0 Å². The number of hydrogen-bond donors (Lipinski definition) is 3. The zero-order chi connectivity index (χ0) is 19.5. The highest BCUT2D eigenvalue weighted by Gasteiger charge is 2.59. The lowest BCUT2D eigenvalue weighted by atomic mass is 9.50. The normalized spacial score (nSPS) is 41.9. The van der Waals surface area contributed by atoms with Gasteiger partial charge in [0.05, 0.1) is 6.10 Å². The van der Waals surface area contributed by atoms with Crippen molar-refractivity contribution < 1.29 is 5.11 Å². The lowest BCUT2D eigenvalue weighted by Gasteiger charge is -2.58. The molecule has 0 saturated heterocycles. The van der Waals surface area contributed by atoms with Gasteiger partial charge in [-0.3, -0.25) is 0 Å². The van der Waals surface area contributed by atoms with E-state index in [1.807, 2.05) is 20.8 Å². The summed E-state index contributed by atoms with van der Waals surface area (Å²) >= 11 is 8.80. The van der Waals surface area contributed by atoms with Crippen LogP contribution in [0, 0.1) is 23.2 Å². The molecule has 3 fully saturated rings. The van der Waals surface area contributed by atoms with Crippen LogP contribution < -0.4 is 0 Å². The molecule has 0 radical (unpaired) electrons. The van der Waals surface area contributed by atoms with Gasteiger partial charge in [0.1, 0.15) is 0 Å². The molecule has 0 bridgehead atoms. The highest BCUT2D eigenvalue weighted by molar-refractivity contribution is 7.82. The summed E-state index contributed by atoms with van der Waals surface area (Å²) in [5, 5.41) is 10.5. The minimum atomic E-state index is -0.139. The molecule has 3 heteroatoms. The van der Waals surface area contributed by atoms with Crippen molar-refractivity contribution in [3.05, 3.63) is 23.8 Å². The Balaban J connectivity index is 0.000000570. The van der Waals surface area contributed by atoms with Gasteiger partial charge >= 0.3 is 0 Å². The van der Waals surface area contributed by atoms with Crippen LogP contribution in [0.1, 0.15) is 78.6 Å². The SMILES string of the molecule is C=C1C=C2CCC3C(CCC4(C(C)O)CCCC34)C2(S)CC1.CC.CS. The Kier molecular flexibility index (Phi) is 7.84. The number of aliphatic hydroxyl groups is 1. The lowest BCUT2D eigenvalue weighted by molar-refractivity contribution is -0.0746. The van der Waals surface area contributed by atoms with Crippen LogP contribution in [0.4, 0.5) is 0 Å². The van der Waals surface area contributed by atoms with Crippen LogP contribution in [0.3, 0.4) is 0 Å². The fourth-order valence-corrected chi connectivity index (χ4v) is 7.31. The zero-order valence-corrected chi connectivity index (χ0v) is 19.1. The van der Waals surface area contributed by atoms with Crippen LogP contribution in [0.25, 0.3) is 0 Å². The average molecular weight is 397 g/mol. The Labute approximate surface area is 172 Å². The van der Waals surface area contributed by atoms with Crippen molar-refractivity contribution in [2.45, 2.75) is 89.4 Å². The van der Waals surface area contributed by atoms with Gasteiger partial charge < -0.3 is 5.11 Å². The van der Waals surface area contributed by atoms with Crippen molar-refractivity contribution in [3.8, 4) is 0 Å². The molecule has 150 valence electrons. The molecule has 0 aromatic carbocycles. The van der Waals surface area contributed by atoms with E-state index in [0.29, 0.717) is 0 Å². The van der Waals surface area contributed by atoms with Gasteiger partial charge in [0.2, 0.25) is 0 Å². The zero-order valence-electron chi connectivity index (χ0n) is 17.3. The second kappa shape index (κ2) is 9.09. The lowest BCUT2D eigenvalue weighted by Crippen LogP contribution is -2.54. The first-order valence-electron chi connectivity index (χ1n) is 10.7. The molecular weight excluding hydrogens is 356 g/mol. The second-order valence-corrected chi connectivity index (χ2v) is 9.31. The summed E-state index contributed by atoms with van der Waals surface area (Å²) in [5.41, 5.74) is 3.09. The van der Waals surface area contributed by atoms with E-state index in [-0.39, 0.29) is 16.3 Å². The Morgan fingerprint density at radius 3 is 2.42 bits per heavy atom. The quantitative estimate of drug-likeness (QED) is 0.433. The smallest absolute Gasteiger partial charge is 0.0571 e. The summed E-state index contributed by atoms with van der Waals surface area (Å²) in [7, 11) is 0. The average Bonchev–Trinajstić information content (AvgIpc) is 3.11. The van der Waals surface area contributed by atoms with Gasteiger partial charge in [-0.1, -0.05) is 44.1 Å². The summed E-state index contributed by atoms with van der Waals surface area (Å²) in [5.74, 6) is 2.24. The molecule has 1 N–H and O–H groups in total. The summed E-state index contributed by atoms with van der Waals surface area (Å²) in [6, 6.07) is 0. The third kappa shape index (κ3) is 3.57. The minimum absolute atomic E-state index is 0.123. The molecule has 0 aromatic heterocycles. The molecule has 0 aliphatic heterocycles. The first-order valence-corrected chi connectivity index (χ1v) is 12.1. The van der Waals surface area contributed by atoms with Crippen molar-refractivity contribution >= 4 is 25.3 Å². The molecule has 3 saturated carbocycles. The summed E-state index contributed by atoms with van der Waals surface area (Å²) in [6.45, 7) is 10.2. The summed E-state index contributed by atoms with van der Waals surface area (Å²) in [4.78, 5) is 0. The number of rotatable bonds is 1. The van der Waals surface area contributed by atoms with Crippen molar-refractivity contribution in [2.75, 3.05) is 6.26 Å². The molecule has 0 amide bonds. The van der Waals surface area contributed by atoms with E-state index < -0.39 is 0 Å². The predicted octanol–water partition coefficient (Wildman–Crippen LogP) is 6.49. The molecule has 1 nitrogen and oxygen atoms in total. The molecule has 4 rings (SSSR count). The predicted molar refractivity (Wildman–Crippen MR) is 121 cm³/mol. The van der Waals surface area contributed by atoms with Crippen molar-refractivity contribution in [1.29, 1.82) is 0 Å². The number of aliphatic hydroxyl groups excluding tert-OH is 1. The molecule has 6 atom stereocenters. The van der Waals surface area contributed by atoms with E-state index in [2.05, 4.69) is 25.3 Å². The largest absolute Gasteiger partial charge is 0.393 e. The van der Waals surface area contributed by atoms with Crippen LogP contribution in [0.5, 0.6) is 0 Å². The Morgan fingerprint density at radius 2 is 1.77 bits per heavy atom. The van der Waals surface area contributed by atoms with Crippen molar-refractivity contribution in [2.24, 2.45) is 23.2 Å². The van der Waals surface area contributed by atoms with E-state index in [1.165, 1.54) is 56.9 Å². The topological polar surface area (TPSA) is 20.2 Å². The molecule has 0 aromatic rings. The van der Waals surface area contributed by atoms with E-state index in [9.17, 15) is 5.11 Å². The van der Waals surface area contributed by atoms with Crippen molar-refractivity contribution in [3.63, 3.8) is 0 Å². The Bertz CT molecular complexity index is 526. The maximum Gasteiger partial charge on any atom is 0.0571 e. The molecular formula is C23H40OS2. The minimum Gasteiger partial charge on any atom is -0.393 e. The standard InChI is InChI=1S/C20H30OS.C2H6.CH4S/c1-13-7-11-20(22)15(12-13)5-6-16-17-4-3-9-19(17,14(2)21)10-8-18(16)20;2*1-2/h12,14,16-18,21-22H,1,3-11H2,2H3;1-2H3;2H,1H3. The number of allylic oxidation sites excluding steroid dienone is 2. The van der Waals surface area contributed by atoms with Gasteiger partial charge in [-0.2, -0.15) is 25.3 Å². The monoisotopic (exact) mass is 396 g/mol. The molecule has 6 unspecified atom stereocenters. The van der Waals surface area contributed by atoms with Gasteiger partial charge in [0.25, 0.3) is 0 Å². The van der Waals surface area contributed by atoms with Crippen LogP contribution in [0.15, 0.2) is 23.8 Å². The number of fused-ring (bicyclic) bond motifs is 5. The van der Waals surface area contributed by atoms with E-state index in [1.54, 1.807) is 11.8 Å². The molecule has 4 aliphatic rings. The second-order valence-electron chi connectivity index (χ2n) is 8.51. The number of thiol groups is 2. The Hall–Kier alpha value is 0.140. The van der Waals surface area contributed by atoms with Gasteiger partial charge in [-0.15, -0.1) is 0 Å². The molecule has 0 spiro atoms. The molecule has 4 aliphatic carbocycles. The maximum absolute atomic E-state index is 10.5. The van der Waals surface area contributed by atoms with E-state index in [0.717, 1.165) is 24.2 Å². The summed E-state index contributed by atoms with van der Waals surface area (Å²) < 4.78 is 0.123. The third-order valence-corrected chi connectivity index (χ3v) is 8.65. The first kappa shape index (κ1) is 22.4. The van der Waals surface area contributed by atoms with Crippen LogP contribution >= 0.6 is 25.3 Å². The van der Waals surface area contributed by atoms with Crippen LogP contribution in [0.2, 0.25) is 0 Å². The first-order chi connectivity index (χ1) is 12.5. The van der Waals surface area contributed by atoms with Gasteiger partial charge in [0.15, 0.2) is 0 Å². The van der Waals surface area contributed by atoms with E-state index in [4.69, 9.17) is 12.6 Å². The fourth-order valence-electron chi connectivity index (χ4n) is 6.71. The van der Waals surface area contributed by atoms with Crippen LogP contribution in [-0.4, -0.2) is 22.2 Å². The Morgan fingerprint density at radius 1 is 1.08 bits per heavy atom. The number of hydrogen-bond acceptors (Lipinski definition) is 3. The van der Waals surface area contributed by atoms with Crippen molar-refractivity contribution in [1.82, 2.24) is 0 Å². The van der Waals surface area contributed by atoms with Gasteiger partial charge in [0, 0.05) is 4.75 Å². The summed E-state index contributed by atoms with van der Waals surface area (Å²) in [6.07, 6.45) is 15.1. The maximum atomic E-state index is 10.5. The highest BCUT2D eigenvalue weighted by Crippen LogP contribution is 2.65. The fraction of sp³-hybridized carbons (Fsp3) is 0.826. The van der Waals surface area contributed by atoms with Crippen LogP contribution in [-0.2, 0) is 0 Å². The third-order valence-electron chi connectivity index (χ3n) is 7.80.